The van der Waals surface area contributed by atoms with Gasteiger partial charge in [0.25, 0.3) is 0 Å². The van der Waals surface area contributed by atoms with Crippen LogP contribution in [0.15, 0.2) is 18.2 Å². The zero-order valence-electron chi connectivity index (χ0n) is 10.0. The number of piperidine rings is 1. The van der Waals surface area contributed by atoms with E-state index in [0.717, 1.165) is 31.7 Å². The molecule has 92 valence electrons. The van der Waals surface area contributed by atoms with Gasteiger partial charge in [-0.2, -0.15) is 0 Å². The predicted octanol–water partition coefficient (Wildman–Crippen LogP) is 1.22. The van der Waals surface area contributed by atoms with Gasteiger partial charge in [-0.3, -0.25) is 0 Å². The molecule has 3 N–H and O–H groups in total. The monoisotopic (exact) mass is 250 g/mol. The van der Waals surface area contributed by atoms with Gasteiger partial charge in [0.05, 0.1) is 5.69 Å². The maximum absolute atomic E-state index is 5.57. The Morgan fingerprint density at radius 2 is 2.18 bits per heavy atom. The van der Waals surface area contributed by atoms with Crippen LogP contribution in [0.4, 0.5) is 5.82 Å². The van der Waals surface area contributed by atoms with E-state index in [1.165, 1.54) is 0 Å². The van der Waals surface area contributed by atoms with Crippen molar-refractivity contribution in [3.05, 3.63) is 23.9 Å². The number of hydrogen-bond donors (Lipinski definition) is 2. The molecule has 2 rings (SSSR count). The van der Waals surface area contributed by atoms with Crippen LogP contribution in [-0.4, -0.2) is 41.1 Å². The highest BCUT2D eigenvalue weighted by molar-refractivity contribution is 7.80. The van der Waals surface area contributed by atoms with Crippen LogP contribution in [0.25, 0.3) is 0 Å². The lowest BCUT2D eigenvalue weighted by Crippen LogP contribution is -2.36. The van der Waals surface area contributed by atoms with E-state index in [1.54, 1.807) is 0 Å². The summed E-state index contributed by atoms with van der Waals surface area (Å²) in [7, 11) is 2.15. The molecule has 5 heteroatoms. The van der Waals surface area contributed by atoms with Gasteiger partial charge in [0.1, 0.15) is 10.8 Å². The molecule has 17 heavy (non-hydrogen) atoms. The van der Waals surface area contributed by atoms with Crippen molar-refractivity contribution in [2.24, 2.45) is 5.73 Å². The first-order chi connectivity index (χ1) is 8.15. The van der Waals surface area contributed by atoms with E-state index in [-0.39, 0.29) is 0 Å². The number of pyridine rings is 1. The fourth-order valence-electron chi connectivity index (χ4n) is 2.01. The summed E-state index contributed by atoms with van der Waals surface area (Å²) >= 11 is 4.92. The van der Waals surface area contributed by atoms with E-state index >= 15 is 0 Å². The van der Waals surface area contributed by atoms with E-state index in [0.29, 0.717) is 16.7 Å². The van der Waals surface area contributed by atoms with Crippen molar-refractivity contribution in [3.63, 3.8) is 0 Å². The van der Waals surface area contributed by atoms with Gasteiger partial charge in [-0.1, -0.05) is 18.3 Å². The number of aromatic nitrogens is 1. The SMILES string of the molecule is CN1CCC(Nc2cccc(C(N)=S)n2)CC1. The summed E-state index contributed by atoms with van der Waals surface area (Å²) in [6.45, 7) is 2.26. The highest BCUT2D eigenvalue weighted by atomic mass is 32.1. The lowest BCUT2D eigenvalue weighted by atomic mass is 10.1. The second kappa shape index (κ2) is 5.42. The van der Waals surface area contributed by atoms with Crippen LogP contribution in [0.5, 0.6) is 0 Å². The smallest absolute Gasteiger partial charge is 0.126 e. The molecule has 0 amide bonds. The number of rotatable bonds is 3. The first-order valence-electron chi connectivity index (χ1n) is 5.87. The molecule has 4 nitrogen and oxygen atoms in total. The Hall–Kier alpha value is -1.20. The molecule has 0 saturated carbocycles. The van der Waals surface area contributed by atoms with Crippen LogP contribution >= 0.6 is 12.2 Å². The number of anilines is 1. The fourth-order valence-corrected chi connectivity index (χ4v) is 2.13. The summed E-state index contributed by atoms with van der Waals surface area (Å²) in [5.41, 5.74) is 6.25. The van der Waals surface area contributed by atoms with Gasteiger partial charge >= 0.3 is 0 Å². The van der Waals surface area contributed by atoms with Crippen molar-refractivity contribution in [2.45, 2.75) is 18.9 Å². The number of nitrogens with two attached hydrogens (primary N) is 1. The normalized spacial score (nSPS) is 17.9. The Balaban J connectivity index is 1.98. The predicted molar refractivity (Wildman–Crippen MR) is 74.3 cm³/mol. The molecule has 0 aromatic carbocycles. The lowest BCUT2D eigenvalue weighted by Gasteiger charge is -2.29. The maximum Gasteiger partial charge on any atom is 0.126 e. The van der Waals surface area contributed by atoms with Crippen LogP contribution in [0, 0.1) is 0 Å². The van der Waals surface area contributed by atoms with Crippen molar-refractivity contribution < 1.29 is 0 Å². The first-order valence-corrected chi connectivity index (χ1v) is 6.28. The van der Waals surface area contributed by atoms with E-state index in [4.69, 9.17) is 18.0 Å². The molecule has 1 aromatic rings. The molecule has 0 spiro atoms. The highest BCUT2D eigenvalue weighted by Crippen LogP contribution is 2.14. The molecule has 0 atom stereocenters. The van der Waals surface area contributed by atoms with Crippen LogP contribution < -0.4 is 11.1 Å². The van der Waals surface area contributed by atoms with Crippen LogP contribution in [0.3, 0.4) is 0 Å². The molecule has 2 heterocycles. The summed E-state index contributed by atoms with van der Waals surface area (Å²) < 4.78 is 0. The number of thiocarbonyl (C=S) groups is 1. The molecule has 0 aliphatic carbocycles. The Bertz CT molecular complexity index is 399. The first kappa shape index (κ1) is 12.3. The van der Waals surface area contributed by atoms with E-state index in [9.17, 15) is 0 Å². The molecule has 1 saturated heterocycles. The van der Waals surface area contributed by atoms with Crippen molar-refractivity contribution >= 4 is 23.0 Å². The molecule has 0 bridgehead atoms. The highest BCUT2D eigenvalue weighted by Gasteiger charge is 2.16. The zero-order chi connectivity index (χ0) is 12.3. The Kier molecular flexibility index (Phi) is 3.91. The third-order valence-electron chi connectivity index (χ3n) is 3.07. The number of hydrogen-bond acceptors (Lipinski definition) is 4. The molecule has 1 aliphatic rings. The lowest BCUT2D eigenvalue weighted by molar-refractivity contribution is 0.263. The number of nitrogens with one attached hydrogen (secondary N) is 1. The standard InChI is InChI=1S/C12H18N4S/c1-16-7-5-9(6-8-16)14-11-4-2-3-10(15-11)12(13)17/h2-4,9H,5-8H2,1H3,(H2,13,17)(H,14,15). The number of likely N-dealkylation sites (tertiary alicyclic amines) is 1. The van der Waals surface area contributed by atoms with Crippen LogP contribution in [-0.2, 0) is 0 Å². The van der Waals surface area contributed by atoms with Gasteiger partial charge in [-0.15, -0.1) is 0 Å². The summed E-state index contributed by atoms with van der Waals surface area (Å²) in [6.07, 6.45) is 2.30. The second-order valence-corrected chi connectivity index (χ2v) is 4.93. The Morgan fingerprint density at radius 1 is 1.47 bits per heavy atom. The topological polar surface area (TPSA) is 54.2 Å². The minimum absolute atomic E-state index is 0.344. The quantitative estimate of drug-likeness (QED) is 0.790. The van der Waals surface area contributed by atoms with Crippen LogP contribution in [0.1, 0.15) is 18.5 Å². The molecular weight excluding hydrogens is 232 g/mol. The van der Waals surface area contributed by atoms with Gasteiger partial charge < -0.3 is 16.0 Å². The molecule has 0 unspecified atom stereocenters. The third kappa shape index (κ3) is 3.38. The Morgan fingerprint density at radius 3 is 2.82 bits per heavy atom. The molecular formula is C12H18N4S. The van der Waals surface area contributed by atoms with Gasteiger partial charge in [0.2, 0.25) is 0 Å². The van der Waals surface area contributed by atoms with E-state index in [2.05, 4.69) is 22.2 Å². The Labute approximate surface area is 107 Å². The minimum Gasteiger partial charge on any atom is -0.388 e. The van der Waals surface area contributed by atoms with Crippen molar-refractivity contribution in [1.82, 2.24) is 9.88 Å². The average Bonchev–Trinajstić information content (AvgIpc) is 2.32. The van der Waals surface area contributed by atoms with Gasteiger partial charge in [-0.25, -0.2) is 4.98 Å². The maximum atomic E-state index is 5.57. The van der Waals surface area contributed by atoms with Crippen molar-refractivity contribution in [3.8, 4) is 0 Å². The number of nitrogens with zero attached hydrogens (tertiary/aromatic N) is 2. The molecule has 0 radical (unpaired) electrons. The third-order valence-corrected chi connectivity index (χ3v) is 3.28. The van der Waals surface area contributed by atoms with E-state index in [1.807, 2.05) is 18.2 Å². The van der Waals surface area contributed by atoms with Crippen LogP contribution in [0.2, 0.25) is 0 Å². The molecule has 1 aromatic heterocycles. The zero-order valence-corrected chi connectivity index (χ0v) is 10.8. The second-order valence-electron chi connectivity index (χ2n) is 4.49. The summed E-state index contributed by atoms with van der Waals surface area (Å²) in [5, 5.41) is 3.44. The van der Waals surface area contributed by atoms with Gasteiger partial charge in [0, 0.05) is 6.04 Å². The minimum atomic E-state index is 0.344. The van der Waals surface area contributed by atoms with Crippen molar-refractivity contribution in [1.29, 1.82) is 0 Å². The summed E-state index contributed by atoms with van der Waals surface area (Å²) in [6, 6.07) is 6.22. The summed E-state index contributed by atoms with van der Waals surface area (Å²) in [4.78, 5) is 7.08. The van der Waals surface area contributed by atoms with Crippen molar-refractivity contribution in [2.75, 3.05) is 25.5 Å². The molecule has 1 aliphatic heterocycles. The average molecular weight is 250 g/mol. The largest absolute Gasteiger partial charge is 0.388 e. The van der Waals surface area contributed by atoms with E-state index < -0.39 is 0 Å². The van der Waals surface area contributed by atoms with Gasteiger partial charge in [-0.05, 0) is 45.1 Å². The fraction of sp³-hybridized carbons (Fsp3) is 0.500. The van der Waals surface area contributed by atoms with Gasteiger partial charge in [0.15, 0.2) is 0 Å². The molecule has 1 fully saturated rings. The summed E-state index contributed by atoms with van der Waals surface area (Å²) in [5.74, 6) is 0.866.